The lowest BCUT2D eigenvalue weighted by molar-refractivity contribution is -0.128. The van der Waals surface area contributed by atoms with Gasteiger partial charge in [0.15, 0.2) is 0 Å². The Morgan fingerprint density at radius 1 is 1.71 bits per heavy atom. The third kappa shape index (κ3) is 3.28. The van der Waals surface area contributed by atoms with Crippen LogP contribution in [0.25, 0.3) is 0 Å². The van der Waals surface area contributed by atoms with E-state index in [1.165, 1.54) is 0 Å². The van der Waals surface area contributed by atoms with E-state index >= 15 is 0 Å². The fraction of sp³-hybridized carbons (Fsp3) is 0.636. The number of nitrogens with one attached hydrogen (secondary N) is 3. The van der Waals surface area contributed by atoms with Crippen LogP contribution in [-0.2, 0) is 16.0 Å². The van der Waals surface area contributed by atoms with Gasteiger partial charge in [-0.3, -0.25) is 4.79 Å². The average Bonchev–Trinajstić information content (AvgIpc) is 2.82. The van der Waals surface area contributed by atoms with Crippen LogP contribution in [0.4, 0.5) is 0 Å². The van der Waals surface area contributed by atoms with Crippen LogP contribution >= 0.6 is 0 Å². The van der Waals surface area contributed by atoms with Gasteiger partial charge < -0.3 is 20.4 Å². The number of ether oxygens (including phenoxy) is 1. The average molecular weight is 238 g/mol. The highest BCUT2D eigenvalue weighted by atomic mass is 16.5. The van der Waals surface area contributed by atoms with Crippen molar-refractivity contribution in [2.45, 2.75) is 25.5 Å². The van der Waals surface area contributed by atoms with Gasteiger partial charge in [-0.15, -0.1) is 0 Å². The van der Waals surface area contributed by atoms with Gasteiger partial charge in [-0.1, -0.05) is 0 Å². The van der Waals surface area contributed by atoms with E-state index in [-0.39, 0.29) is 18.1 Å². The van der Waals surface area contributed by atoms with E-state index in [9.17, 15) is 4.79 Å². The Morgan fingerprint density at radius 3 is 3.29 bits per heavy atom. The first-order valence-corrected chi connectivity index (χ1v) is 5.88. The number of amides is 1. The number of carbonyl (C=O) groups excluding carboxylic acids is 1. The van der Waals surface area contributed by atoms with E-state index in [0.717, 1.165) is 12.4 Å². The molecule has 1 saturated heterocycles. The highest BCUT2D eigenvalue weighted by molar-refractivity contribution is 5.82. The predicted octanol–water partition coefficient (Wildman–Crippen LogP) is -0.555. The predicted molar refractivity (Wildman–Crippen MR) is 62.5 cm³/mol. The lowest BCUT2D eigenvalue weighted by Gasteiger charge is -2.29. The van der Waals surface area contributed by atoms with Gasteiger partial charge in [-0.2, -0.15) is 0 Å². The van der Waals surface area contributed by atoms with Crippen molar-refractivity contribution in [3.8, 4) is 0 Å². The highest BCUT2D eigenvalue weighted by Crippen LogP contribution is 2.03. The minimum Gasteiger partial charge on any atom is -0.375 e. The summed E-state index contributed by atoms with van der Waals surface area (Å²) in [6, 6.07) is -0.250. The second-order valence-corrected chi connectivity index (χ2v) is 4.08. The third-order valence-corrected chi connectivity index (χ3v) is 2.81. The molecule has 0 aromatic carbocycles. The monoisotopic (exact) mass is 238 g/mol. The van der Waals surface area contributed by atoms with Crippen molar-refractivity contribution < 1.29 is 9.53 Å². The van der Waals surface area contributed by atoms with Gasteiger partial charge in [-0.05, 0) is 6.92 Å². The zero-order valence-electron chi connectivity index (χ0n) is 9.90. The summed E-state index contributed by atoms with van der Waals surface area (Å²) in [5, 5.41) is 6.03. The maximum absolute atomic E-state index is 11.9. The molecule has 1 aliphatic heterocycles. The van der Waals surface area contributed by atoms with Crippen LogP contribution in [0.5, 0.6) is 0 Å². The molecule has 1 aromatic heterocycles. The summed E-state index contributed by atoms with van der Waals surface area (Å²) in [6.45, 7) is 3.87. The fourth-order valence-electron chi connectivity index (χ4n) is 1.88. The van der Waals surface area contributed by atoms with E-state index in [0.29, 0.717) is 19.6 Å². The van der Waals surface area contributed by atoms with Crippen molar-refractivity contribution >= 4 is 5.91 Å². The molecule has 0 radical (unpaired) electrons. The Bertz CT molecular complexity index is 352. The van der Waals surface area contributed by atoms with E-state index in [1.54, 1.807) is 12.4 Å². The molecule has 2 heterocycles. The van der Waals surface area contributed by atoms with Crippen LogP contribution in [0.1, 0.15) is 12.7 Å². The van der Waals surface area contributed by atoms with Gasteiger partial charge in [0.2, 0.25) is 5.91 Å². The Labute approximate surface area is 100 Å². The van der Waals surface area contributed by atoms with Gasteiger partial charge in [0, 0.05) is 31.9 Å². The standard InChI is InChI=1S/C11H18N4O2/c1-8-10(14-6-7-17-8)11(16)15-3-2-9-12-4-5-13-9/h4-5,8,10,14H,2-3,6-7H2,1H3,(H,12,13)(H,15,16)/t8-,10+/m1/s1. The van der Waals surface area contributed by atoms with Crippen molar-refractivity contribution in [1.82, 2.24) is 20.6 Å². The number of hydrogen-bond acceptors (Lipinski definition) is 4. The molecule has 2 atom stereocenters. The van der Waals surface area contributed by atoms with E-state index in [4.69, 9.17) is 4.74 Å². The molecule has 17 heavy (non-hydrogen) atoms. The molecule has 0 unspecified atom stereocenters. The number of rotatable bonds is 4. The molecule has 1 fully saturated rings. The Balaban J connectivity index is 1.73. The molecule has 6 nitrogen and oxygen atoms in total. The summed E-state index contributed by atoms with van der Waals surface area (Å²) < 4.78 is 5.42. The third-order valence-electron chi connectivity index (χ3n) is 2.81. The molecule has 1 amide bonds. The lowest BCUT2D eigenvalue weighted by atomic mass is 10.1. The Hall–Kier alpha value is -1.40. The van der Waals surface area contributed by atoms with E-state index in [1.807, 2.05) is 6.92 Å². The van der Waals surface area contributed by atoms with Crippen LogP contribution in [-0.4, -0.2) is 47.7 Å². The number of H-pyrrole nitrogens is 1. The van der Waals surface area contributed by atoms with Crippen LogP contribution in [0.2, 0.25) is 0 Å². The SMILES string of the molecule is C[C@H]1OCCN[C@@H]1C(=O)NCCc1ncc[nH]1. The number of morpholine rings is 1. The van der Waals surface area contributed by atoms with E-state index in [2.05, 4.69) is 20.6 Å². The fourth-order valence-corrected chi connectivity index (χ4v) is 1.88. The molecule has 2 rings (SSSR count). The highest BCUT2D eigenvalue weighted by Gasteiger charge is 2.27. The molecule has 1 aromatic rings. The number of carbonyl (C=O) groups is 1. The van der Waals surface area contributed by atoms with Crippen molar-refractivity contribution in [1.29, 1.82) is 0 Å². The molecular weight excluding hydrogens is 220 g/mol. The number of hydrogen-bond donors (Lipinski definition) is 3. The molecule has 94 valence electrons. The van der Waals surface area contributed by atoms with Crippen LogP contribution in [0, 0.1) is 0 Å². The van der Waals surface area contributed by atoms with Crippen molar-refractivity contribution in [3.63, 3.8) is 0 Å². The minimum absolute atomic E-state index is 0.0104. The zero-order valence-corrected chi connectivity index (χ0v) is 9.90. The first-order chi connectivity index (χ1) is 8.27. The molecule has 0 spiro atoms. The van der Waals surface area contributed by atoms with Gasteiger partial charge in [0.1, 0.15) is 11.9 Å². The van der Waals surface area contributed by atoms with Gasteiger partial charge >= 0.3 is 0 Å². The van der Waals surface area contributed by atoms with Crippen molar-refractivity contribution in [2.24, 2.45) is 0 Å². The molecule has 0 saturated carbocycles. The maximum Gasteiger partial charge on any atom is 0.239 e. The quantitative estimate of drug-likeness (QED) is 0.657. The number of aromatic amines is 1. The normalized spacial score (nSPS) is 24.5. The van der Waals surface area contributed by atoms with Gasteiger partial charge in [-0.25, -0.2) is 4.98 Å². The lowest BCUT2D eigenvalue weighted by Crippen LogP contribution is -2.55. The summed E-state index contributed by atoms with van der Waals surface area (Å²) in [4.78, 5) is 18.9. The first kappa shape index (κ1) is 12.1. The molecule has 6 heteroatoms. The summed E-state index contributed by atoms with van der Waals surface area (Å²) in [5.74, 6) is 0.870. The molecule has 0 bridgehead atoms. The zero-order chi connectivity index (χ0) is 12.1. The number of aromatic nitrogens is 2. The van der Waals surface area contributed by atoms with Crippen molar-refractivity contribution in [2.75, 3.05) is 19.7 Å². The smallest absolute Gasteiger partial charge is 0.239 e. The minimum atomic E-state index is -0.250. The second kappa shape index (κ2) is 5.79. The molecule has 3 N–H and O–H groups in total. The Morgan fingerprint density at radius 2 is 2.59 bits per heavy atom. The summed E-state index contributed by atoms with van der Waals surface area (Å²) in [5.41, 5.74) is 0. The summed E-state index contributed by atoms with van der Waals surface area (Å²) in [6.07, 6.45) is 4.11. The summed E-state index contributed by atoms with van der Waals surface area (Å²) >= 11 is 0. The first-order valence-electron chi connectivity index (χ1n) is 5.88. The van der Waals surface area contributed by atoms with Crippen LogP contribution in [0.3, 0.4) is 0 Å². The Kier molecular flexibility index (Phi) is 4.11. The van der Waals surface area contributed by atoms with Gasteiger partial charge in [0.25, 0.3) is 0 Å². The van der Waals surface area contributed by atoms with E-state index < -0.39 is 0 Å². The number of nitrogens with zero attached hydrogens (tertiary/aromatic N) is 1. The van der Waals surface area contributed by atoms with Crippen LogP contribution in [0.15, 0.2) is 12.4 Å². The second-order valence-electron chi connectivity index (χ2n) is 4.08. The molecule has 1 aliphatic rings. The van der Waals surface area contributed by atoms with Gasteiger partial charge in [0.05, 0.1) is 12.7 Å². The summed E-state index contributed by atoms with van der Waals surface area (Å²) in [7, 11) is 0. The molecule has 0 aliphatic carbocycles. The topological polar surface area (TPSA) is 79.0 Å². The largest absolute Gasteiger partial charge is 0.375 e. The number of imidazole rings is 1. The van der Waals surface area contributed by atoms with Crippen LogP contribution < -0.4 is 10.6 Å². The molecular formula is C11H18N4O2. The van der Waals surface area contributed by atoms with Crippen molar-refractivity contribution in [3.05, 3.63) is 18.2 Å². The maximum atomic E-state index is 11.9.